The molecular formula is C9H9N3O. The van der Waals surface area contributed by atoms with Gasteiger partial charge < -0.3 is 4.79 Å². The average Bonchev–Trinajstić information content (AvgIpc) is 2.49. The Bertz CT molecular complexity index is 447. The van der Waals surface area contributed by atoms with Gasteiger partial charge in [-0.1, -0.05) is 0 Å². The molecule has 0 aliphatic carbocycles. The third-order valence-corrected chi connectivity index (χ3v) is 1.88. The molecule has 4 nitrogen and oxygen atoms in total. The zero-order valence-corrected chi connectivity index (χ0v) is 7.27. The standard InChI is InChI=1S/C9H9N3O/c1-7-10-6-9-3-2-8(4-5-13)12(9)11-7/h2-3,5-6H,4H2,1H3. The summed E-state index contributed by atoms with van der Waals surface area (Å²) in [5.41, 5.74) is 1.82. The normalized spacial score (nSPS) is 10.5. The maximum absolute atomic E-state index is 10.3. The van der Waals surface area contributed by atoms with Gasteiger partial charge >= 0.3 is 0 Å². The maximum Gasteiger partial charge on any atom is 0.146 e. The number of hydrogen-bond acceptors (Lipinski definition) is 3. The molecule has 0 spiro atoms. The minimum absolute atomic E-state index is 0.393. The molecule has 0 radical (unpaired) electrons. The number of nitrogens with zero attached hydrogens (tertiary/aromatic N) is 3. The van der Waals surface area contributed by atoms with Crippen molar-refractivity contribution in [3.8, 4) is 0 Å². The Labute approximate surface area is 75.2 Å². The highest BCUT2D eigenvalue weighted by Crippen LogP contribution is 2.07. The van der Waals surface area contributed by atoms with Crippen LogP contribution in [0, 0.1) is 6.92 Å². The predicted octanol–water partition coefficient (Wildman–Crippen LogP) is 0.779. The highest BCUT2D eigenvalue weighted by Gasteiger charge is 2.01. The van der Waals surface area contributed by atoms with Gasteiger partial charge in [-0.25, -0.2) is 9.50 Å². The van der Waals surface area contributed by atoms with Crippen molar-refractivity contribution in [1.29, 1.82) is 0 Å². The third-order valence-electron chi connectivity index (χ3n) is 1.88. The van der Waals surface area contributed by atoms with E-state index < -0.39 is 0 Å². The highest BCUT2D eigenvalue weighted by atomic mass is 16.1. The van der Waals surface area contributed by atoms with Crippen LogP contribution >= 0.6 is 0 Å². The van der Waals surface area contributed by atoms with Crippen molar-refractivity contribution in [2.45, 2.75) is 13.3 Å². The number of aldehydes is 1. The fourth-order valence-electron chi connectivity index (χ4n) is 1.28. The molecule has 0 amide bonds. The summed E-state index contributed by atoms with van der Waals surface area (Å²) in [4.78, 5) is 14.4. The zero-order chi connectivity index (χ0) is 9.26. The van der Waals surface area contributed by atoms with Gasteiger partial charge in [0.1, 0.15) is 12.1 Å². The second-order valence-corrected chi connectivity index (χ2v) is 2.84. The summed E-state index contributed by atoms with van der Waals surface area (Å²) in [6, 6.07) is 3.79. The minimum Gasteiger partial charge on any atom is -0.303 e. The second-order valence-electron chi connectivity index (χ2n) is 2.84. The Morgan fingerprint density at radius 2 is 2.38 bits per heavy atom. The first-order valence-electron chi connectivity index (χ1n) is 4.05. The summed E-state index contributed by atoms with van der Waals surface area (Å²) >= 11 is 0. The molecule has 0 aromatic carbocycles. The van der Waals surface area contributed by atoms with Crippen LogP contribution in [0.25, 0.3) is 5.52 Å². The number of aromatic nitrogens is 3. The molecule has 2 aromatic heterocycles. The van der Waals surface area contributed by atoms with Crippen molar-refractivity contribution in [1.82, 2.24) is 14.6 Å². The molecule has 0 bridgehead atoms. The lowest BCUT2D eigenvalue weighted by Gasteiger charge is -1.98. The van der Waals surface area contributed by atoms with E-state index in [1.54, 1.807) is 10.7 Å². The first-order valence-corrected chi connectivity index (χ1v) is 4.05. The van der Waals surface area contributed by atoms with Crippen LogP contribution in [-0.2, 0) is 11.2 Å². The van der Waals surface area contributed by atoms with Gasteiger partial charge in [-0.05, 0) is 19.1 Å². The summed E-state index contributed by atoms with van der Waals surface area (Å²) in [6.07, 6.45) is 3.01. The molecule has 0 fully saturated rings. The molecule has 0 N–H and O–H groups in total. The lowest BCUT2D eigenvalue weighted by molar-refractivity contribution is -0.107. The van der Waals surface area contributed by atoms with E-state index in [1.807, 2.05) is 19.1 Å². The van der Waals surface area contributed by atoms with Crippen LogP contribution in [-0.4, -0.2) is 20.9 Å². The van der Waals surface area contributed by atoms with Gasteiger partial charge in [0.05, 0.1) is 11.7 Å². The maximum atomic E-state index is 10.3. The van der Waals surface area contributed by atoms with Gasteiger partial charge in [-0.15, -0.1) is 0 Å². The fraction of sp³-hybridized carbons (Fsp3) is 0.222. The summed E-state index contributed by atoms with van der Waals surface area (Å²) in [5.74, 6) is 0.704. The van der Waals surface area contributed by atoms with Gasteiger partial charge in [-0.3, -0.25) is 0 Å². The Morgan fingerprint density at radius 1 is 1.54 bits per heavy atom. The number of rotatable bonds is 2. The van der Waals surface area contributed by atoms with E-state index in [0.29, 0.717) is 12.2 Å². The van der Waals surface area contributed by atoms with Crippen molar-refractivity contribution in [2.24, 2.45) is 0 Å². The second kappa shape index (κ2) is 2.97. The number of fused-ring (bicyclic) bond motifs is 1. The average molecular weight is 175 g/mol. The van der Waals surface area contributed by atoms with Crippen molar-refractivity contribution in [2.75, 3.05) is 0 Å². The molecule has 0 unspecified atom stereocenters. The lowest BCUT2D eigenvalue weighted by Crippen LogP contribution is -2.01. The van der Waals surface area contributed by atoms with Gasteiger partial charge in [0.2, 0.25) is 0 Å². The van der Waals surface area contributed by atoms with Crippen molar-refractivity contribution < 1.29 is 4.79 Å². The van der Waals surface area contributed by atoms with Crippen LogP contribution in [0.15, 0.2) is 18.3 Å². The summed E-state index contributed by atoms with van der Waals surface area (Å²) in [6.45, 7) is 1.82. The third kappa shape index (κ3) is 1.30. The van der Waals surface area contributed by atoms with Crippen LogP contribution in [0.5, 0.6) is 0 Å². The van der Waals surface area contributed by atoms with Crippen LogP contribution in [0.1, 0.15) is 11.5 Å². The van der Waals surface area contributed by atoms with Gasteiger partial charge in [0.25, 0.3) is 0 Å². The van der Waals surface area contributed by atoms with E-state index in [1.165, 1.54) is 0 Å². The first-order chi connectivity index (χ1) is 6.31. The Morgan fingerprint density at radius 3 is 3.15 bits per heavy atom. The molecule has 2 aromatic rings. The van der Waals surface area contributed by atoms with Gasteiger partial charge in [-0.2, -0.15) is 5.10 Å². The lowest BCUT2D eigenvalue weighted by atomic mass is 10.3. The van der Waals surface area contributed by atoms with Crippen molar-refractivity contribution >= 4 is 11.8 Å². The van der Waals surface area contributed by atoms with E-state index >= 15 is 0 Å². The molecule has 2 rings (SSSR count). The molecule has 66 valence electrons. The summed E-state index contributed by atoms with van der Waals surface area (Å²) in [7, 11) is 0. The Balaban J connectivity index is 2.64. The number of aryl methyl sites for hydroxylation is 1. The van der Waals surface area contributed by atoms with Gasteiger partial charge in [0, 0.05) is 12.1 Å². The number of carbonyl (C=O) groups excluding carboxylic acids is 1. The van der Waals surface area contributed by atoms with Crippen LogP contribution in [0.3, 0.4) is 0 Å². The molecule has 13 heavy (non-hydrogen) atoms. The molecule has 0 saturated carbocycles. The number of carbonyl (C=O) groups is 1. The van der Waals surface area contributed by atoms with E-state index in [0.717, 1.165) is 17.5 Å². The number of hydrogen-bond donors (Lipinski definition) is 0. The van der Waals surface area contributed by atoms with Crippen molar-refractivity contribution in [3.05, 3.63) is 29.8 Å². The summed E-state index contributed by atoms with van der Waals surface area (Å²) in [5, 5.41) is 4.20. The molecule has 0 atom stereocenters. The Hall–Kier alpha value is -1.71. The van der Waals surface area contributed by atoms with Crippen LogP contribution in [0.2, 0.25) is 0 Å². The topological polar surface area (TPSA) is 47.3 Å². The molecule has 4 heteroatoms. The quantitative estimate of drug-likeness (QED) is 0.633. The van der Waals surface area contributed by atoms with Crippen LogP contribution in [0.4, 0.5) is 0 Å². The van der Waals surface area contributed by atoms with E-state index in [-0.39, 0.29) is 0 Å². The van der Waals surface area contributed by atoms with E-state index in [4.69, 9.17) is 0 Å². The first kappa shape index (κ1) is 7.91. The van der Waals surface area contributed by atoms with E-state index in [9.17, 15) is 4.79 Å². The monoisotopic (exact) mass is 175 g/mol. The fourth-order valence-corrected chi connectivity index (χ4v) is 1.28. The van der Waals surface area contributed by atoms with E-state index in [2.05, 4.69) is 10.1 Å². The van der Waals surface area contributed by atoms with Crippen LogP contribution < -0.4 is 0 Å². The molecule has 0 aliphatic rings. The Kier molecular flexibility index (Phi) is 1.81. The highest BCUT2D eigenvalue weighted by molar-refractivity contribution is 5.56. The minimum atomic E-state index is 0.393. The molecule has 2 heterocycles. The zero-order valence-electron chi connectivity index (χ0n) is 7.27. The molecule has 0 saturated heterocycles. The summed E-state index contributed by atoms with van der Waals surface area (Å²) < 4.78 is 1.75. The smallest absolute Gasteiger partial charge is 0.146 e. The predicted molar refractivity (Wildman–Crippen MR) is 47.5 cm³/mol. The molecular weight excluding hydrogens is 166 g/mol. The molecule has 0 aliphatic heterocycles. The largest absolute Gasteiger partial charge is 0.303 e. The van der Waals surface area contributed by atoms with Crippen molar-refractivity contribution in [3.63, 3.8) is 0 Å². The van der Waals surface area contributed by atoms with Gasteiger partial charge in [0.15, 0.2) is 0 Å². The SMILES string of the molecule is Cc1ncc2ccc(CC=O)n2n1.